The second-order valence-corrected chi connectivity index (χ2v) is 3.81. The molecule has 76 valence electrons. The van der Waals surface area contributed by atoms with Crippen molar-refractivity contribution < 1.29 is 4.74 Å². The molecule has 0 saturated carbocycles. The molecule has 0 aromatic heterocycles. The number of rotatable bonds is 1. The molecule has 0 unspecified atom stereocenters. The molecule has 2 N–H and O–H groups in total. The van der Waals surface area contributed by atoms with Gasteiger partial charge in [0.2, 0.25) is 0 Å². The van der Waals surface area contributed by atoms with Crippen molar-refractivity contribution in [1.29, 1.82) is 0 Å². The Balaban J connectivity index is 2.45. The molecular weight excluding hydrogens is 176 g/mol. The van der Waals surface area contributed by atoms with E-state index in [1.807, 2.05) is 6.07 Å². The van der Waals surface area contributed by atoms with E-state index >= 15 is 0 Å². The molecule has 0 saturated heterocycles. The van der Waals surface area contributed by atoms with Crippen molar-refractivity contribution in [3.63, 3.8) is 0 Å². The van der Waals surface area contributed by atoms with Crippen molar-refractivity contribution in [1.82, 2.24) is 4.90 Å². The molecule has 0 spiro atoms. The zero-order valence-electron chi connectivity index (χ0n) is 8.71. The summed E-state index contributed by atoms with van der Waals surface area (Å²) in [7, 11) is 3.77. The van der Waals surface area contributed by atoms with Crippen LogP contribution in [0.15, 0.2) is 12.1 Å². The normalized spacial score (nSPS) is 16.4. The van der Waals surface area contributed by atoms with Crippen molar-refractivity contribution in [3.8, 4) is 5.75 Å². The Morgan fingerprint density at radius 2 is 2.21 bits per heavy atom. The van der Waals surface area contributed by atoms with Crippen LogP contribution in [0, 0.1) is 0 Å². The van der Waals surface area contributed by atoms with Crippen LogP contribution >= 0.6 is 0 Å². The predicted molar refractivity (Wildman–Crippen MR) is 57.4 cm³/mol. The number of anilines is 1. The van der Waals surface area contributed by atoms with Crippen LogP contribution in [-0.2, 0) is 13.0 Å². The minimum absolute atomic E-state index is 0.791. The van der Waals surface area contributed by atoms with Gasteiger partial charge in [0.15, 0.2) is 0 Å². The number of fused-ring (bicyclic) bond motifs is 1. The first-order chi connectivity index (χ1) is 6.72. The summed E-state index contributed by atoms with van der Waals surface area (Å²) in [5, 5.41) is 0. The van der Waals surface area contributed by atoms with E-state index in [1.165, 1.54) is 11.1 Å². The first-order valence-corrected chi connectivity index (χ1v) is 4.85. The van der Waals surface area contributed by atoms with Crippen LogP contribution in [0.2, 0.25) is 0 Å². The highest BCUT2D eigenvalue weighted by Crippen LogP contribution is 2.31. The van der Waals surface area contributed by atoms with E-state index in [2.05, 4.69) is 18.0 Å². The summed E-state index contributed by atoms with van der Waals surface area (Å²) in [4.78, 5) is 2.28. The summed E-state index contributed by atoms with van der Waals surface area (Å²) >= 11 is 0. The second kappa shape index (κ2) is 3.50. The van der Waals surface area contributed by atoms with Gasteiger partial charge in [0, 0.05) is 13.1 Å². The number of methoxy groups -OCH3 is 1. The van der Waals surface area contributed by atoms with Gasteiger partial charge in [-0.3, -0.25) is 0 Å². The van der Waals surface area contributed by atoms with Crippen molar-refractivity contribution in [2.24, 2.45) is 0 Å². The largest absolute Gasteiger partial charge is 0.495 e. The Labute approximate surface area is 84.5 Å². The lowest BCUT2D eigenvalue weighted by Gasteiger charge is -2.26. The van der Waals surface area contributed by atoms with Crippen LogP contribution in [0.4, 0.5) is 5.69 Å². The van der Waals surface area contributed by atoms with Crippen molar-refractivity contribution in [3.05, 3.63) is 23.3 Å². The van der Waals surface area contributed by atoms with Gasteiger partial charge < -0.3 is 15.4 Å². The molecule has 1 heterocycles. The maximum absolute atomic E-state index is 6.03. The van der Waals surface area contributed by atoms with E-state index in [-0.39, 0.29) is 0 Å². The summed E-state index contributed by atoms with van der Waals surface area (Å²) in [6.07, 6.45) is 1.08. The standard InChI is InChI=1S/C11H16N2O/c1-13-6-5-8-3-4-10(14-2)11(12)9(8)7-13/h3-4H,5-7,12H2,1-2H3. The van der Waals surface area contributed by atoms with Gasteiger partial charge in [0.05, 0.1) is 12.8 Å². The summed E-state index contributed by atoms with van der Waals surface area (Å²) in [6.45, 7) is 2.04. The van der Waals surface area contributed by atoms with E-state index in [4.69, 9.17) is 10.5 Å². The van der Waals surface area contributed by atoms with Crippen LogP contribution in [0.3, 0.4) is 0 Å². The van der Waals surface area contributed by atoms with E-state index in [0.29, 0.717) is 0 Å². The van der Waals surface area contributed by atoms with Crippen LogP contribution in [-0.4, -0.2) is 25.6 Å². The number of hydrogen-bond donors (Lipinski definition) is 1. The van der Waals surface area contributed by atoms with E-state index in [0.717, 1.165) is 30.9 Å². The minimum Gasteiger partial charge on any atom is -0.495 e. The molecule has 0 aliphatic carbocycles. The molecule has 0 amide bonds. The van der Waals surface area contributed by atoms with Gasteiger partial charge in [-0.2, -0.15) is 0 Å². The van der Waals surface area contributed by atoms with E-state index < -0.39 is 0 Å². The SMILES string of the molecule is COc1ccc2c(c1N)CN(C)CC2. The molecule has 1 aliphatic heterocycles. The lowest BCUT2D eigenvalue weighted by Crippen LogP contribution is -2.27. The maximum Gasteiger partial charge on any atom is 0.142 e. The average molecular weight is 192 g/mol. The minimum atomic E-state index is 0.791. The number of ether oxygens (including phenoxy) is 1. The monoisotopic (exact) mass is 192 g/mol. The molecule has 0 bridgehead atoms. The van der Waals surface area contributed by atoms with Crippen LogP contribution in [0.1, 0.15) is 11.1 Å². The Morgan fingerprint density at radius 1 is 1.43 bits per heavy atom. The average Bonchev–Trinajstić information content (AvgIpc) is 2.20. The summed E-state index contributed by atoms with van der Waals surface area (Å²) < 4.78 is 5.20. The third-order valence-electron chi connectivity index (χ3n) is 2.82. The molecule has 2 rings (SSSR count). The molecule has 0 fully saturated rings. The van der Waals surface area contributed by atoms with Crippen LogP contribution < -0.4 is 10.5 Å². The Bertz CT molecular complexity index is 349. The van der Waals surface area contributed by atoms with Gasteiger partial charge in [0.25, 0.3) is 0 Å². The van der Waals surface area contributed by atoms with Gasteiger partial charge in [-0.25, -0.2) is 0 Å². The highest BCUT2D eigenvalue weighted by molar-refractivity contribution is 5.61. The molecule has 3 nitrogen and oxygen atoms in total. The molecule has 1 aromatic rings. The summed E-state index contributed by atoms with van der Waals surface area (Å²) in [5.74, 6) is 0.791. The van der Waals surface area contributed by atoms with Crippen molar-refractivity contribution in [2.45, 2.75) is 13.0 Å². The fourth-order valence-corrected chi connectivity index (χ4v) is 1.95. The topological polar surface area (TPSA) is 38.5 Å². The Morgan fingerprint density at radius 3 is 2.93 bits per heavy atom. The zero-order valence-corrected chi connectivity index (χ0v) is 8.71. The maximum atomic E-state index is 6.03. The zero-order chi connectivity index (χ0) is 10.1. The number of nitrogen functional groups attached to an aromatic ring is 1. The summed E-state index contributed by atoms with van der Waals surface area (Å²) in [6, 6.07) is 4.08. The number of nitrogens with zero attached hydrogens (tertiary/aromatic N) is 1. The molecule has 0 radical (unpaired) electrons. The summed E-state index contributed by atoms with van der Waals surface area (Å²) in [5.41, 5.74) is 9.42. The first kappa shape index (κ1) is 9.34. The third-order valence-corrected chi connectivity index (χ3v) is 2.82. The fraction of sp³-hybridized carbons (Fsp3) is 0.455. The highest BCUT2D eigenvalue weighted by Gasteiger charge is 2.17. The molecule has 14 heavy (non-hydrogen) atoms. The Kier molecular flexibility index (Phi) is 2.33. The fourth-order valence-electron chi connectivity index (χ4n) is 1.95. The lowest BCUT2D eigenvalue weighted by atomic mass is 9.98. The lowest BCUT2D eigenvalue weighted by molar-refractivity contribution is 0.312. The molecule has 1 aromatic carbocycles. The smallest absolute Gasteiger partial charge is 0.142 e. The van der Waals surface area contributed by atoms with Gasteiger partial charge in [-0.15, -0.1) is 0 Å². The van der Waals surface area contributed by atoms with Crippen LogP contribution in [0.25, 0.3) is 0 Å². The second-order valence-electron chi connectivity index (χ2n) is 3.81. The first-order valence-electron chi connectivity index (χ1n) is 4.85. The Hall–Kier alpha value is -1.22. The predicted octanol–water partition coefficient (Wildman–Crippen LogP) is 1.27. The number of nitrogens with two attached hydrogens (primary N) is 1. The molecular formula is C11H16N2O. The van der Waals surface area contributed by atoms with Gasteiger partial charge in [0.1, 0.15) is 5.75 Å². The molecule has 3 heteroatoms. The van der Waals surface area contributed by atoms with Gasteiger partial charge in [-0.1, -0.05) is 6.07 Å². The van der Waals surface area contributed by atoms with E-state index in [1.54, 1.807) is 7.11 Å². The quantitative estimate of drug-likeness (QED) is 0.681. The third kappa shape index (κ3) is 1.44. The number of likely N-dealkylation sites (N-methyl/N-ethyl adjacent to an activating group) is 1. The van der Waals surface area contributed by atoms with Gasteiger partial charge in [-0.05, 0) is 30.7 Å². The highest BCUT2D eigenvalue weighted by atomic mass is 16.5. The number of benzene rings is 1. The number of hydrogen-bond acceptors (Lipinski definition) is 3. The molecule has 0 atom stereocenters. The van der Waals surface area contributed by atoms with Gasteiger partial charge >= 0.3 is 0 Å². The van der Waals surface area contributed by atoms with E-state index in [9.17, 15) is 0 Å². The van der Waals surface area contributed by atoms with Crippen LogP contribution in [0.5, 0.6) is 5.75 Å². The van der Waals surface area contributed by atoms with Crippen molar-refractivity contribution in [2.75, 3.05) is 26.4 Å². The van der Waals surface area contributed by atoms with Crippen molar-refractivity contribution >= 4 is 5.69 Å². The molecule has 1 aliphatic rings.